The molecule has 0 saturated carbocycles. The van der Waals surface area contributed by atoms with Crippen molar-refractivity contribution in [2.24, 2.45) is 0 Å². The molecule has 0 amide bonds. The number of allylic oxidation sites excluding steroid dienone is 2. The van der Waals surface area contributed by atoms with E-state index in [1.165, 1.54) is 7.11 Å². The predicted octanol–water partition coefficient (Wildman–Crippen LogP) is 7.26. The number of carbonyl (C=O) groups excluding carboxylic acids is 3. The molecule has 1 atom stereocenters. The molecule has 45 heavy (non-hydrogen) atoms. The second kappa shape index (κ2) is 14.9. The molecule has 0 bridgehead atoms. The Kier molecular flexibility index (Phi) is 10.4. The van der Waals surface area contributed by atoms with Gasteiger partial charge in [-0.3, -0.25) is 4.79 Å². The minimum atomic E-state index is -0.920. The first kappa shape index (κ1) is 31.2. The Morgan fingerprint density at radius 3 is 1.87 bits per heavy atom. The van der Waals surface area contributed by atoms with E-state index in [9.17, 15) is 14.4 Å². The highest BCUT2D eigenvalue weighted by Crippen LogP contribution is 2.36. The zero-order chi connectivity index (χ0) is 31.5. The van der Waals surface area contributed by atoms with Crippen LogP contribution < -0.4 is 0 Å². The van der Waals surface area contributed by atoms with E-state index in [0.717, 1.165) is 16.7 Å². The molecular formula is C38H34O7. The molecule has 0 spiro atoms. The Hall–Kier alpha value is -5.27. The first-order chi connectivity index (χ1) is 21.9. The van der Waals surface area contributed by atoms with Gasteiger partial charge >= 0.3 is 17.9 Å². The second-order valence-corrected chi connectivity index (χ2v) is 10.7. The Morgan fingerprint density at radius 2 is 1.27 bits per heavy atom. The summed E-state index contributed by atoms with van der Waals surface area (Å²) in [5.74, 6) is -1.29. The van der Waals surface area contributed by atoms with Crippen molar-refractivity contribution in [3.8, 4) is 0 Å². The summed E-state index contributed by atoms with van der Waals surface area (Å²) >= 11 is 0. The SMILES string of the molecule is COC(=O)CC1(OCc2ccc(COC(=O)c3ccccc3)c(COC(=O)c3ccccc3)c2)C=CC=C(c2ccccc2)C1. The molecule has 0 N–H and O–H groups in total. The maximum atomic E-state index is 12.7. The van der Waals surface area contributed by atoms with Gasteiger partial charge in [0.1, 0.15) is 18.8 Å². The third-order valence-corrected chi connectivity index (χ3v) is 7.54. The number of hydrogen-bond donors (Lipinski definition) is 0. The molecule has 0 aliphatic heterocycles. The number of hydrogen-bond acceptors (Lipinski definition) is 7. The molecule has 1 aliphatic rings. The summed E-state index contributed by atoms with van der Waals surface area (Å²) in [6.07, 6.45) is 6.36. The van der Waals surface area contributed by atoms with Gasteiger partial charge in [0, 0.05) is 6.42 Å². The van der Waals surface area contributed by atoms with Crippen LogP contribution in [0.2, 0.25) is 0 Å². The fraction of sp³-hybridized carbons (Fsp3) is 0.184. The predicted molar refractivity (Wildman–Crippen MR) is 170 cm³/mol. The molecule has 7 heteroatoms. The van der Waals surface area contributed by atoms with Crippen LogP contribution >= 0.6 is 0 Å². The van der Waals surface area contributed by atoms with E-state index in [-0.39, 0.29) is 32.2 Å². The van der Waals surface area contributed by atoms with Gasteiger partial charge < -0.3 is 18.9 Å². The van der Waals surface area contributed by atoms with E-state index in [2.05, 4.69) is 0 Å². The lowest BCUT2D eigenvalue weighted by Crippen LogP contribution is -2.35. The van der Waals surface area contributed by atoms with Crippen molar-refractivity contribution < 1.29 is 33.3 Å². The smallest absolute Gasteiger partial charge is 0.338 e. The summed E-state index contributed by atoms with van der Waals surface area (Å²) in [6.45, 7) is 0.133. The number of benzene rings is 4. The lowest BCUT2D eigenvalue weighted by molar-refractivity contribution is -0.147. The largest absolute Gasteiger partial charge is 0.469 e. The van der Waals surface area contributed by atoms with Gasteiger partial charge in [0.05, 0.1) is 31.3 Å². The number of carbonyl (C=O) groups is 3. The van der Waals surface area contributed by atoms with Crippen LogP contribution in [-0.2, 0) is 43.6 Å². The Bertz CT molecular complexity index is 1680. The number of esters is 3. The standard InChI is InChI=1S/C38H34O7/c1-42-35(39)24-38(21-11-18-32(23-38)29-12-5-2-6-13-29)45-25-28-19-20-33(26-43-36(40)30-14-7-3-8-15-30)34(22-28)27-44-37(41)31-16-9-4-10-17-31/h2-22H,23-27H2,1H3. The van der Waals surface area contributed by atoms with E-state index in [1.54, 1.807) is 48.5 Å². The summed E-state index contributed by atoms with van der Waals surface area (Å²) in [6, 6.07) is 33.0. The highest BCUT2D eigenvalue weighted by molar-refractivity contribution is 5.89. The second-order valence-electron chi connectivity index (χ2n) is 10.7. The van der Waals surface area contributed by atoms with Crippen LogP contribution in [0.25, 0.3) is 5.57 Å². The lowest BCUT2D eigenvalue weighted by Gasteiger charge is -2.33. The van der Waals surface area contributed by atoms with Crippen molar-refractivity contribution in [2.45, 2.75) is 38.3 Å². The van der Waals surface area contributed by atoms with Crippen LogP contribution in [0, 0.1) is 0 Å². The fourth-order valence-electron chi connectivity index (χ4n) is 5.09. The average molecular weight is 603 g/mol. The average Bonchev–Trinajstić information content (AvgIpc) is 3.10. The molecule has 0 heterocycles. The summed E-state index contributed by atoms with van der Waals surface area (Å²) in [5.41, 5.74) is 4.23. The van der Waals surface area contributed by atoms with Crippen LogP contribution in [0.3, 0.4) is 0 Å². The molecule has 7 nitrogen and oxygen atoms in total. The van der Waals surface area contributed by atoms with Crippen molar-refractivity contribution >= 4 is 23.5 Å². The van der Waals surface area contributed by atoms with E-state index < -0.39 is 17.5 Å². The first-order valence-corrected chi connectivity index (χ1v) is 14.6. The van der Waals surface area contributed by atoms with Gasteiger partial charge in [-0.1, -0.05) is 97.1 Å². The third kappa shape index (κ3) is 8.43. The van der Waals surface area contributed by atoms with Crippen molar-refractivity contribution in [3.63, 3.8) is 0 Å². The van der Waals surface area contributed by atoms with Gasteiger partial charge in [-0.2, -0.15) is 0 Å². The third-order valence-electron chi connectivity index (χ3n) is 7.54. The van der Waals surface area contributed by atoms with Crippen LogP contribution in [0.1, 0.15) is 55.8 Å². The van der Waals surface area contributed by atoms with Crippen LogP contribution in [0.15, 0.2) is 127 Å². The van der Waals surface area contributed by atoms with E-state index in [4.69, 9.17) is 18.9 Å². The molecule has 0 radical (unpaired) electrons. The Morgan fingerprint density at radius 1 is 0.689 bits per heavy atom. The quantitative estimate of drug-likeness (QED) is 0.125. The minimum Gasteiger partial charge on any atom is -0.469 e. The summed E-state index contributed by atoms with van der Waals surface area (Å²) in [7, 11) is 1.36. The Labute approximate surface area is 262 Å². The van der Waals surface area contributed by atoms with Gasteiger partial charge in [0.2, 0.25) is 0 Å². The molecule has 0 fully saturated rings. The first-order valence-electron chi connectivity index (χ1n) is 14.6. The van der Waals surface area contributed by atoms with Crippen LogP contribution in [0.5, 0.6) is 0 Å². The van der Waals surface area contributed by atoms with Crippen molar-refractivity contribution in [3.05, 3.63) is 161 Å². The van der Waals surface area contributed by atoms with Gasteiger partial charge in [0.15, 0.2) is 0 Å². The Balaban J connectivity index is 1.35. The maximum absolute atomic E-state index is 12.7. The number of methoxy groups -OCH3 is 1. The number of ether oxygens (including phenoxy) is 4. The topological polar surface area (TPSA) is 88.1 Å². The molecule has 0 aromatic heterocycles. The normalized spacial score (nSPS) is 15.5. The maximum Gasteiger partial charge on any atom is 0.338 e. The van der Waals surface area contributed by atoms with Gasteiger partial charge in [0.25, 0.3) is 0 Å². The van der Waals surface area contributed by atoms with Crippen LogP contribution in [0.4, 0.5) is 0 Å². The fourth-order valence-corrected chi connectivity index (χ4v) is 5.09. The van der Waals surface area contributed by atoms with E-state index in [0.29, 0.717) is 28.7 Å². The zero-order valence-corrected chi connectivity index (χ0v) is 25.0. The minimum absolute atomic E-state index is 0.00662. The van der Waals surface area contributed by atoms with E-state index >= 15 is 0 Å². The summed E-state index contributed by atoms with van der Waals surface area (Å²) in [5, 5.41) is 0. The molecule has 4 aromatic carbocycles. The molecule has 5 rings (SSSR count). The lowest BCUT2D eigenvalue weighted by atomic mass is 9.84. The molecular weight excluding hydrogens is 568 g/mol. The molecule has 1 aliphatic carbocycles. The van der Waals surface area contributed by atoms with Gasteiger partial charge in [-0.05, 0) is 58.2 Å². The van der Waals surface area contributed by atoms with Gasteiger partial charge in [-0.15, -0.1) is 0 Å². The zero-order valence-electron chi connectivity index (χ0n) is 25.0. The molecule has 0 saturated heterocycles. The summed E-state index contributed by atoms with van der Waals surface area (Å²) in [4.78, 5) is 37.8. The van der Waals surface area contributed by atoms with Crippen molar-refractivity contribution in [1.82, 2.24) is 0 Å². The van der Waals surface area contributed by atoms with Crippen molar-refractivity contribution in [2.75, 3.05) is 7.11 Å². The van der Waals surface area contributed by atoms with Gasteiger partial charge in [-0.25, -0.2) is 9.59 Å². The monoisotopic (exact) mass is 602 g/mol. The molecule has 228 valence electrons. The summed E-state index contributed by atoms with van der Waals surface area (Å²) < 4.78 is 22.8. The van der Waals surface area contributed by atoms with Crippen LogP contribution in [-0.4, -0.2) is 30.6 Å². The molecule has 4 aromatic rings. The number of rotatable bonds is 12. The van der Waals surface area contributed by atoms with E-state index in [1.807, 2.05) is 78.9 Å². The highest BCUT2D eigenvalue weighted by Gasteiger charge is 2.35. The van der Waals surface area contributed by atoms with Crippen molar-refractivity contribution in [1.29, 1.82) is 0 Å². The highest BCUT2D eigenvalue weighted by atomic mass is 16.5. The molecule has 1 unspecified atom stereocenters.